The van der Waals surface area contributed by atoms with E-state index < -0.39 is 6.10 Å². The van der Waals surface area contributed by atoms with Crippen molar-refractivity contribution in [1.29, 1.82) is 0 Å². The molecular formula is C17H18BrNO3. The molecule has 0 fully saturated rings. The van der Waals surface area contributed by atoms with Crippen molar-refractivity contribution in [3.63, 3.8) is 0 Å². The second kappa shape index (κ2) is 7.84. The second-order valence-electron chi connectivity index (χ2n) is 4.74. The van der Waals surface area contributed by atoms with Gasteiger partial charge in [0.1, 0.15) is 11.5 Å². The van der Waals surface area contributed by atoms with Gasteiger partial charge in [-0.3, -0.25) is 4.79 Å². The number of hydrogen-bond acceptors (Lipinski definition) is 3. The lowest BCUT2D eigenvalue weighted by Crippen LogP contribution is -2.35. The summed E-state index contributed by atoms with van der Waals surface area (Å²) >= 11 is 3.36. The number of hydrogen-bond donors (Lipinski definition) is 1. The van der Waals surface area contributed by atoms with Crippen LogP contribution in [0.2, 0.25) is 0 Å². The molecule has 4 nitrogen and oxygen atoms in total. The van der Waals surface area contributed by atoms with Crippen molar-refractivity contribution in [1.82, 2.24) is 5.32 Å². The first-order valence-corrected chi connectivity index (χ1v) is 7.71. The third kappa shape index (κ3) is 4.49. The standard InChI is InChI=1S/C17H18BrNO3/c1-12(22-15-9-7-14(18)8-10-15)17(20)19-11-13-5-3-4-6-16(13)21-2/h3-10,12H,11H2,1-2H3,(H,19,20). The molecule has 116 valence electrons. The molecule has 0 saturated heterocycles. The summed E-state index contributed by atoms with van der Waals surface area (Å²) in [5.41, 5.74) is 0.925. The summed E-state index contributed by atoms with van der Waals surface area (Å²) in [6, 6.07) is 14.9. The first kappa shape index (κ1) is 16.4. The number of benzene rings is 2. The van der Waals surface area contributed by atoms with Crippen LogP contribution in [-0.4, -0.2) is 19.1 Å². The van der Waals surface area contributed by atoms with Gasteiger partial charge in [-0.25, -0.2) is 0 Å². The zero-order valence-electron chi connectivity index (χ0n) is 12.5. The highest BCUT2D eigenvalue weighted by Crippen LogP contribution is 2.18. The molecule has 0 aliphatic rings. The maximum absolute atomic E-state index is 12.1. The molecule has 0 aliphatic carbocycles. The van der Waals surface area contributed by atoms with Crippen LogP contribution in [0.15, 0.2) is 53.0 Å². The van der Waals surface area contributed by atoms with Crippen LogP contribution in [0, 0.1) is 0 Å². The van der Waals surface area contributed by atoms with E-state index in [4.69, 9.17) is 9.47 Å². The molecule has 1 amide bonds. The van der Waals surface area contributed by atoms with Crippen LogP contribution in [0.3, 0.4) is 0 Å². The van der Waals surface area contributed by atoms with Crippen molar-refractivity contribution < 1.29 is 14.3 Å². The molecule has 0 radical (unpaired) electrons. The van der Waals surface area contributed by atoms with Gasteiger partial charge in [0, 0.05) is 16.6 Å². The summed E-state index contributed by atoms with van der Waals surface area (Å²) in [5, 5.41) is 2.85. The van der Waals surface area contributed by atoms with Gasteiger partial charge in [-0.05, 0) is 37.3 Å². The Morgan fingerprint density at radius 1 is 1.18 bits per heavy atom. The van der Waals surface area contributed by atoms with Crippen LogP contribution in [0.25, 0.3) is 0 Å². The molecule has 0 bridgehead atoms. The number of halogens is 1. The molecule has 1 N–H and O–H groups in total. The van der Waals surface area contributed by atoms with Crippen molar-refractivity contribution in [2.45, 2.75) is 19.6 Å². The summed E-state index contributed by atoms with van der Waals surface area (Å²) in [7, 11) is 1.61. The van der Waals surface area contributed by atoms with Gasteiger partial charge in [0.2, 0.25) is 0 Å². The molecule has 0 heterocycles. The van der Waals surface area contributed by atoms with Crippen LogP contribution in [0.5, 0.6) is 11.5 Å². The first-order chi connectivity index (χ1) is 10.6. The van der Waals surface area contributed by atoms with Crippen molar-refractivity contribution in [2.75, 3.05) is 7.11 Å². The number of ether oxygens (including phenoxy) is 2. The van der Waals surface area contributed by atoms with E-state index in [9.17, 15) is 4.79 Å². The van der Waals surface area contributed by atoms with Crippen molar-refractivity contribution in [3.05, 3.63) is 58.6 Å². The monoisotopic (exact) mass is 363 g/mol. The number of nitrogens with one attached hydrogen (secondary N) is 1. The zero-order chi connectivity index (χ0) is 15.9. The fraction of sp³-hybridized carbons (Fsp3) is 0.235. The minimum atomic E-state index is -0.573. The molecule has 0 aliphatic heterocycles. The summed E-state index contributed by atoms with van der Waals surface area (Å²) in [6.07, 6.45) is -0.573. The summed E-state index contributed by atoms with van der Waals surface area (Å²) in [5.74, 6) is 1.24. The summed E-state index contributed by atoms with van der Waals surface area (Å²) < 4.78 is 11.8. The Hall–Kier alpha value is -2.01. The van der Waals surface area contributed by atoms with Gasteiger partial charge in [-0.15, -0.1) is 0 Å². The molecule has 1 unspecified atom stereocenters. The number of carbonyl (C=O) groups is 1. The van der Waals surface area contributed by atoms with E-state index in [2.05, 4.69) is 21.2 Å². The lowest BCUT2D eigenvalue weighted by Gasteiger charge is -2.15. The van der Waals surface area contributed by atoms with E-state index in [-0.39, 0.29) is 5.91 Å². The largest absolute Gasteiger partial charge is 0.496 e. The molecule has 0 spiro atoms. The Bertz CT molecular complexity index is 628. The highest BCUT2D eigenvalue weighted by Gasteiger charge is 2.15. The molecule has 5 heteroatoms. The minimum Gasteiger partial charge on any atom is -0.496 e. The Labute approximate surface area is 138 Å². The van der Waals surface area contributed by atoms with Gasteiger partial charge in [-0.2, -0.15) is 0 Å². The van der Waals surface area contributed by atoms with Crippen LogP contribution < -0.4 is 14.8 Å². The van der Waals surface area contributed by atoms with Crippen molar-refractivity contribution in [2.24, 2.45) is 0 Å². The third-order valence-electron chi connectivity index (χ3n) is 3.14. The molecule has 2 aromatic carbocycles. The molecule has 0 saturated carbocycles. The SMILES string of the molecule is COc1ccccc1CNC(=O)C(C)Oc1ccc(Br)cc1. The van der Waals surface area contributed by atoms with E-state index in [0.717, 1.165) is 15.8 Å². The van der Waals surface area contributed by atoms with Gasteiger partial charge in [0.25, 0.3) is 5.91 Å². The third-order valence-corrected chi connectivity index (χ3v) is 3.67. The number of methoxy groups -OCH3 is 1. The van der Waals surface area contributed by atoms with Gasteiger partial charge in [0.05, 0.1) is 7.11 Å². The molecular weight excluding hydrogens is 346 g/mol. The molecule has 0 aromatic heterocycles. The molecule has 2 rings (SSSR count). The summed E-state index contributed by atoms with van der Waals surface area (Å²) in [6.45, 7) is 2.12. The van der Waals surface area contributed by atoms with Crippen LogP contribution >= 0.6 is 15.9 Å². The Kier molecular flexibility index (Phi) is 5.83. The normalized spacial score (nSPS) is 11.6. The Balaban J connectivity index is 1.90. The van der Waals surface area contributed by atoms with Crippen molar-refractivity contribution in [3.8, 4) is 11.5 Å². The van der Waals surface area contributed by atoms with E-state index in [1.807, 2.05) is 48.5 Å². The van der Waals surface area contributed by atoms with Gasteiger partial charge >= 0.3 is 0 Å². The number of carbonyl (C=O) groups excluding carboxylic acids is 1. The van der Waals surface area contributed by atoms with E-state index in [0.29, 0.717) is 12.3 Å². The van der Waals surface area contributed by atoms with Crippen LogP contribution in [0.4, 0.5) is 0 Å². The Morgan fingerprint density at radius 2 is 1.86 bits per heavy atom. The second-order valence-corrected chi connectivity index (χ2v) is 5.66. The summed E-state index contributed by atoms with van der Waals surface area (Å²) in [4.78, 5) is 12.1. The molecule has 1 atom stereocenters. The quantitative estimate of drug-likeness (QED) is 0.853. The average molecular weight is 364 g/mol. The van der Waals surface area contributed by atoms with Crippen LogP contribution in [-0.2, 0) is 11.3 Å². The lowest BCUT2D eigenvalue weighted by atomic mass is 10.2. The highest BCUT2D eigenvalue weighted by molar-refractivity contribution is 9.10. The van der Waals surface area contributed by atoms with E-state index in [1.165, 1.54) is 0 Å². The fourth-order valence-corrected chi connectivity index (χ4v) is 2.21. The maximum atomic E-state index is 12.1. The first-order valence-electron chi connectivity index (χ1n) is 6.92. The zero-order valence-corrected chi connectivity index (χ0v) is 14.1. The number of rotatable bonds is 6. The van der Waals surface area contributed by atoms with Crippen molar-refractivity contribution >= 4 is 21.8 Å². The molecule has 22 heavy (non-hydrogen) atoms. The van der Waals surface area contributed by atoms with E-state index >= 15 is 0 Å². The van der Waals surface area contributed by atoms with Gasteiger partial charge in [-0.1, -0.05) is 34.1 Å². The number of amides is 1. The van der Waals surface area contributed by atoms with Gasteiger partial charge in [0.15, 0.2) is 6.10 Å². The van der Waals surface area contributed by atoms with E-state index in [1.54, 1.807) is 14.0 Å². The number of para-hydroxylation sites is 1. The smallest absolute Gasteiger partial charge is 0.261 e. The minimum absolute atomic E-state index is 0.172. The topological polar surface area (TPSA) is 47.6 Å². The maximum Gasteiger partial charge on any atom is 0.261 e. The Morgan fingerprint density at radius 3 is 2.55 bits per heavy atom. The highest BCUT2D eigenvalue weighted by atomic mass is 79.9. The lowest BCUT2D eigenvalue weighted by molar-refractivity contribution is -0.127. The van der Waals surface area contributed by atoms with Crippen LogP contribution in [0.1, 0.15) is 12.5 Å². The molecule has 2 aromatic rings. The predicted octanol–water partition coefficient (Wildman–Crippen LogP) is 3.54. The van der Waals surface area contributed by atoms with Gasteiger partial charge < -0.3 is 14.8 Å². The predicted molar refractivity (Wildman–Crippen MR) is 89.1 cm³/mol. The average Bonchev–Trinajstić information content (AvgIpc) is 2.54. The fourth-order valence-electron chi connectivity index (χ4n) is 1.95.